The number of nitrogens with zero attached hydrogens (tertiary/aromatic N) is 2. The molecular weight excluding hydrogens is 335 g/mol. The summed E-state index contributed by atoms with van der Waals surface area (Å²) in [5.74, 6) is 0.406. The molecule has 2 aromatic carbocycles. The van der Waals surface area contributed by atoms with Crippen LogP contribution in [0.3, 0.4) is 0 Å². The molecule has 0 atom stereocenters. The zero-order valence-electron chi connectivity index (χ0n) is 14.0. The summed E-state index contributed by atoms with van der Waals surface area (Å²) in [5, 5.41) is 6.50. The topological polar surface area (TPSA) is 67.6 Å². The second kappa shape index (κ2) is 7.98. The van der Waals surface area contributed by atoms with E-state index in [4.69, 9.17) is 4.74 Å². The van der Waals surface area contributed by atoms with Crippen molar-refractivity contribution in [1.82, 2.24) is 9.99 Å². The highest BCUT2D eigenvalue weighted by molar-refractivity contribution is 5.90. The van der Waals surface area contributed by atoms with Gasteiger partial charge in [0.2, 0.25) is 0 Å². The van der Waals surface area contributed by atoms with Gasteiger partial charge in [0.05, 0.1) is 19.0 Å². The van der Waals surface area contributed by atoms with E-state index in [9.17, 15) is 9.18 Å². The maximum atomic E-state index is 12.8. The summed E-state index contributed by atoms with van der Waals surface area (Å²) in [6.07, 6.45) is 3.43. The average molecular weight is 352 g/mol. The lowest BCUT2D eigenvalue weighted by molar-refractivity contribution is 0.252. The first-order chi connectivity index (χ1) is 12.7. The summed E-state index contributed by atoms with van der Waals surface area (Å²) in [5.41, 5.74) is 4.57. The maximum absolute atomic E-state index is 12.8. The molecule has 1 heterocycles. The molecule has 0 aliphatic rings. The first-order valence-electron chi connectivity index (χ1n) is 7.83. The minimum atomic E-state index is -0.518. The summed E-state index contributed by atoms with van der Waals surface area (Å²) in [4.78, 5) is 11.8. The van der Waals surface area contributed by atoms with Gasteiger partial charge < -0.3 is 14.6 Å². The maximum Gasteiger partial charge on any atom is 0.339 e. The van der Waals surface area contributed by atoms with Gasteiger partial charge in [-0.05, 0) is 60.7 Å². The van der Waals surface area contributed by atoms with Crippen LogP contribution < -0.4 is 15.5 Å². The SMILES string of the molecule is COc1ccc(-n2cccc2/C=N/NC(=O)Nc2ccc(F)cc2)cc1. The molecule has 2 amide bonds. The molecule has 7 heteroatoms. The third kappa shape index (κ3) is 4.27. The lowest BCUT2D eigenvalue weighted by Crippen LogP contribution is -2.24. The number of amides is 2. The Bertz CT molecular complexity index is 902. The molecule has 132 valence electrons. The lowest BCUT2D eigenvalue weighted by atomic mass is 10.3. The van der Waals surface area contributed by atoms with Crippen molar-refractivity contribution in [2.45, 2.75) is 0 Å². The van der Waals surface area contributed by atoms with Crippen molar-refractivity contribution in [1.29, 1.82) is 0 Å². The number of methoxy groups -OCH3 is 1. The second-order valence-corrected chi connectivity index (χ2v) is 5.33. The van der Waals surface area contributed by atoms with Crippen LogP contribution in [0.5, 0.6) is 5.75 Å². The highest BCUT2D eigenvalue weighted by Gasteiger charge is 2.03. The zero-order valence-corrected chi connectivity index (χ0v) is 14.0. The number of hydrazone groups is 1. The Kier molecular flexibility index (Phi) is 5.28. The van der Waals surface area contributed by atoms with Crippen LogP contribution in [0.1, 0.15) is 5.69 Å². The molecule has 1 aromatic heterocycles. The molecule has 0 saturated heterocycles. The molecule has 2 N–H and O–H groups in total. The number of anilines is 1. The van der Waals surface area contributed by atoms with Gasteiger partial charge in [0.1, 0.15) is 11.6 Å². The first kappa shape index (κ1) is 17.2. The van der Waals surface area contributed by atoms with Gasteiger partial charge in [-0.3, -0.25) is 0 Å². The van der Waals surface area contributed by atoms with Crippen LogP contribution in [0.2, 0.25) is 0 Å². The molecule has 0 bridgehead atoms. The monoisotopic (exact) mass is 352 g/mol. The fourth-order valence-corrected chi connectivity index (χ4v) is 2.33. The van der Waals surface area contributed by atoms with E-state index in [2.05, 4.69) is 15.8 Å². The Hall–Kier alpha value is -3.61. The number of halogens is 1. The molecule has 0 spiro atoms. The van der Waals surface area contributed by atoms with Crippen LogP contribution >= 0.6 is 0 Å². The number of hydrogen-bond acceptors (Lipinski definition) is 3. The third-order valence-corrected chi connectivity index (χ3v) is 3.60. The quantitative estimate of drug-likeness (QED) is 0.542. The van der Waals surface area contributed by atoms with Crippen molar-refractivity contribution in [3.63, 3.8) is 0 Å². The van der Waals surface area contributed by atoms with E-state index >= 15 is 0 Å². The lowest BCUT2D eigenvalue weighted by Gasteiger charge is -2.07. The van der Waals surface area contributed by atoms with Gasteiger partial charge in [-0.2, -0.15) is 5.10 Å². The number of rotatable bonds is 5. The smallest absolute Gasteiger partial charge is 0.339 e. The predicted molar refractivity (Wildman–Crippen MR) is 98.5 cm³/mol. The number of nitrogens with one attached hydrogen (secondary N) is 2. The van der Waals surface area contributed by atoms with Crippen LogP contribution in [0, 0.1) is 5.82 Å². The van der Waals surface area contributed by atoms with Gasteiger partial charge in [-0.25, -0.2) is 14.6 Å². The van der Waals surface area contributed by atoms with E-state index < -0.39 is 6.03 Å². The van der Waals surface area contributed by atoms with Gasteiger partial charge in [0, 0.05) is 17.6 Å². The van der Waals surface area contributed by atoms with E-state index in [1.165, 1.54) is 30.5 Å². The van der Waals surface area contributed by atoms with Gasteiger partial charge in [0.25, 0.3) is 0 Å². The number of carbonyl (C=O) groups excluding carboxylic acids is 1. The molecule has 0 aliphatic heterocycles. The largest absolute Gasteiger partial charge is 0.497 e. The van der Waals surface area contributed by atoms with E-state index in [1.54, 1.807) is 7.11 Å². The van der Waals surface area contributed by atoms with E-state index in [0.29, 0.717) is 5.69 Å². The Balaban J connectivity index is 1.63. The van der Waals surface area contributed by atoms with Crippen molar-refractivity contribution in [3.8, 4) is 11.4 Å². The van der Waals surface area contributed by atoms with Crippen molar-refractivity contribution in [2.24, 2.45) is 5.10 Å². The Morgan fingerprint density at radius 1 is 1.12 bits per heavy atom. The Morgan fingerprint density at radius 3 is 2.54 bits per heavy atom. The second-order valence-electron chi connectivity index (χ2n) is 5.33. The molecule has 0 radical (unpaired) electrons. The highest BCUT2D eigenvalue weighted by Crippen LogP contribution is 2.16. The fourth-order valence-electron chi connectivity index (χ4n) is 2.33. The zero-order chi connectivity index (χ0) is 18.4. The normalized spacial score (nSPS) is 10.7. The van der Waals surface area contributed by atoms with E-state index in [-0.39, 0.29) is 5.82 Å². The van der Waals surface area contributed by atoms with Crippen LogP contribution in [-0.2, 0) is 0 Å². The highest BCUT2D eigenvalue weighted by atomic mass is 19.1. The van der Waals surface area contributed by atoms with Crippen molar-refractivity contribution < 1.29 is 13.9 Å². The summed E-state index contributed by atoms with van der Waals surface area (Å²) in [6, 6.07) is 16.3. The van der Waals surface area contributed by atoms with Gasteiger partial charge >= 0.3 is 6.03 Å². The minimum Gasteiger partial charge on any atom is -0.497 e. The van der Waals surface area contributed by atoms with E-state index in [1.807, 2.05) is 47.2 Å². The summed E-state index contributed by atoms with van der Waals surface area (Å²) >= 11 is 0. The predicted octanol–water partition coefficient (Wildman–Crippen LogP) is 3.78. The minimum absolute atomic E-state index is 0.367. The van der Waals surface area contributed by atoms with Crippen LogP contribution in [0.15, 0.2) is 72.0 Å². The van der Waals surface area contributed by atoms with Crippen LogP contribution in [0.4, 0.5) is 14.9 Å². The molecule has 0 fully saturated rings. The molecule has 0 saturated carbocycles. The number of carbonyl (C=O) groups is 1. The molecule has 3 rings (SSSR count). The third-order valence-electron chi connectivity index (χ3n) is 3.60. The first-order valence-corrected chi connectivity index (χ1v) is 7.83. The average Bonchev–Trinajstić information content (AvgIpc) is 3.12. The molecule has 0 unspecified atom stereocenters. The molecular formula is C19H17FN4O2. The van der Waals surface area contributed by atoms with E-state index in [0.717, 1.165) is 17.1 Å². The fraction of sp³-hybridized carbons (Fsp3) is 0.0526. The van der Waals surface area contributed by atoms with Crippen molar-refractivity contribution in [2.75, 3.05) is 12.4 Å². The summed E-state index contributed by atoms with van der Waals surface area (Å²) in [7, 11) is 1.62. The van der Waals surface area contributed by atoms with Crippen molar-refractivity contribution in [3.05, 3.63) is 78.4 Å². The Morgan fingerprint density at radius 2 is 1.85 bits per heavy atom. The number of urea groups is 1. The van der Waals surface area contributed by atoms with Gasteiger partial charge in [-0.15, -0.1) is 0 Å². The number of ether oxygens (including phenoxy) is 1. The standard InChI is InChI=1S/C19H17FN4O2/c1-26-18-10-8-16(9-11-18)24-12-2-3-17(24)13-21-23-19(25)22-15-6-4-14(20)5-7-15/h2-13H,1H3,(H2,22,23,25)/b21-13+. The molecule has 26 heavy (non-hydrogen) atoms. The summed E-state index contributed by atoms with van der Waals surface area (Å²) in [6.45, 7) is 0. The number of benzene rings is 2. The van der Waals surface area contributed by atoms with Gasteiger partial charge in [-0.1, -0.05) is 0 Å². The Labute approximate surface area is 149 Å². The summed E-state index contributed by atoms with van der Waals surface area (Å²) < 4.78 is 19.9. The van der Waals surface area contributed by atoms with Crippen LogP contribution in [0.25, 0.3) is 5.69 Å². The van der Waals surface area contributed by atoms with Crippen LogP contribution in [-0.4, -0.2) is 23.9 Å². The van der Waals surface area contributed by atoms with Gasteiger partial charge in [0.15, 0.2) is 0 Å². The number of aromatic nitrogens is 1. The van der Waals surface area contributed by atoms with Crippen molar-refractivity contribution >= 4 is 17.9 Å². The number of hydrogen-bond donors (Lipinski definition) is 2. The molecule has 3 aromatic rings. The molecule has 0 aliphatic carbocycles. The molecule has 6 nitrogen and oxygen atoms in total.